The van der Waals surface area contributed by atoms with Gasteiger partial charge in [-0.1, -0.05) is 0 Å². The highest BCUT2D eigenvalue weighted by molar-refractivity contribution is 5.75. The second-order valence-electron chi connectivity index (χ2n) is 4.00. The predicted octanol–water partition coefficient (Wildman–Crippen LogP) is 0.163. The van der Waals surface area contributed by atoms with Crippen LogP contribution in [0.5, 0.6) is 0 Å². The standard InChI is InChI=1S/C12H9N5O2/c18-11(19)7-16-5-2-9(3-6-16)10-1-4-14-17-8-13-15-12(10)17/h1-6,8H,7H2/p+1. The summed E-state index contributed by atoms with van der Waals surface area (Å²) >= 11 is 0. The Bertz CT molecular complexity index is 735. The molecule has 1 N–H and O–H groups in total. The highest BCUT2D eigenvalue weighted by Gasteiger charge is 2.10. The van der Waals surface area contributed by atoms with Crippen molar-refractivity contribution >= 4 is 11.6 Å². The Labute approximate surface area is 107 Å². The molecule has 0 bridgehead atoms. The molecule has 7 heteroatoms. The lowest BCUT2D eigenvalue weighted by atomic mass is 10.1. The predicted molar refractivity (Wildman–Crippen MR) is 64.0 cm³/mol. The monoisotopic (exact) mass is 256 g/mol. The number of carbonyl (C=O) groups is 1. The van der Waals surface area contributed by atoms with Gasteiger partial charge >= 0.3 is 5.97 Å². The summed E-state index contributed by atoms with van der Waals surface area (Å²) in [4.78, 5) is 10.6. The Morgan fingerprint density at radius 3 is 2.84 bits per heavy atom. The molecule has 0 spiro atoms. The maximum Gasteiger partial charge on any atom is 0.370 e. The highest BCUT2D eigenvalue weighted by atomic mass is 16.4. The van der Waals surface area contributed by atoms with Gasteiger partial charge in [-0.15, -0.1) is 10.2 Å². The third-order valence-electron chi connectivity index (χ3n) is 2.72. The van der Waals surface area contributed by atoms with Crippen LogP contribution in [-0.2, 0) is 11.3 Å². The summed E-state index contributed by atoms with van der Waals surface area (Å²) in [5.74, 6) is -0.874. The molecule has 0 amide bonds. The molecule has 3 aromatic heterocycles. The summed E-state index contributed by atoms with van der Waals surface area (Å²) < 4.78 is 3.18. The molecule has 0 aromatic carbocycles. The lowest BCUT2D eigenvalue weighted by Crippen LogP contribution is -2.36. The SMILES string of the molecule is O=C(O)C[n+]1ccc(-c2ccnn3cnnc23)cc1. The van der Waals surface area contributed by atoms with E-state index >= 15 is 0 Å². The van der Waals surface area contributed by atoms with Crippen LogP contribution in [0.15, 0.2) is 43.1 Å². The summed E-state index contributed by atoms with van der Waals surface area (Å²) in [6.45, 7) is -0.0586. The number of rotatable bonds is 3. The van der Waals surface area contributed by atoms with E-state index < -0.39 is 5.97 Å². The number of hydrogen-bond donors (Lipinski definition) is 1. The lowest BCUT2D eigenvalue weighted by molar-refractivity contribution is -0.685. The van der Waals surface area contributed by atoms with Gasteiger partial charge in [0.05, 0.1) is 0 Å². The molecule has 3 heterocycles. The number of nitrogens with zero attached hydrogens (tertiary/aromatic N) is 5. The quantitative estimate of drug-likeness (QED) is 0.675. The molecule has 94 valence electrons. The number of carboxylic acids is 1. The van der Waals surface area contributed by atoms with Crippen LogP contribution in [0.1, 0.15) is 0 Å². The van der Waals surface area contributed by atoms with E-state index in [1.54, 1.807) is 27.7 Å². The van der Waals surface area contributed by atoms with E-state index in [0.717, 1.165) is 11.1 Å². The average molecular weight is 256 g/mol. The second-order valence-corrected chi connectivity index (χ2v) is 4.00. The van der Waals surface area contributed by atoms with Crippen LogP contribution in [0.2, 0.25) is 0 Å². The number of fused-ring (bicyclic) bond motifs is 1. The van der Waals surface area contributed by atoms with Gasteiger partial charge in [-0.2, -0.15) is 14.2 Å². The molecule has 19 heavy (non-hydrogen) atoms. The maximum absolute atomic E-state index is 10.6. The van der Waals surface area contributed by atoms with Crippen LogP contribution in [0.3, 0.4) is 0 Å². The summed E-state index contributed by atoms with van der Waals surface area (Å²) in [6, 6.07) is 5.53. The van der Waals surface area contributed by atoms with E-state index in [1.165, 1.54) is 6.33 Å². The van der Waals surface area contributed by atoms with Gasteiger partial charge in [0.2, 0.25) is 6.54 Å². The van der Waals surface area contributed by atoms with Gasteiger partial charge in [-0.05, 0) is 11.6 Å². The van der Waals surface area contributed by atoms with Gasteiger partial charge in [0.1, 0.15) is 6.33 Å². The zero-order chi connectivity index (χ0) is 13.2. The van der Waals surface area contributed by atoms with Crippen molar-refractivity contribution in [3.63, 3.8) is 0 Å². The Kier molecular flexibility index (Phi) is 2.64. The fourth-order valence-corrected chi connectivity index (χ4v) is 1.87. The smallest absolute Gasteiger partial charge is 0.370 e. The van der Waals surface area contributed by atoms with Gasteiger partial charge in [-0.25, -0.2) is 4.79 Å². The molecule has 0 unspecified atom stereocenters. The third-order valence-corrected chi connectivity index (χ3v) is 2.72. The Morgan fingerprint density at radius 1 is 1.32 bits per heavy atom. The molecule has 0 aliphatic carbocycles. The Hall–Kier alpha value is -2.83. The molecule has 0 radical (unpaired) electrons. The Balaban J connectivity index is 2.02. The van der Waals surface area contributed by atoms with Crippen LogP contribution in [0.25, 0.3) is 16.8 Å². The number of carboxylic acid groups (broad SMARTS) is 1. The second kappa shape index (κ2) is 4.45. The van der Waals surface area contributed by atoms with Crippen molar-refractivity contribution in [2.75, 3.05) is 0 Å². The summed E-state index contributed by atoms with van der Waals surface area (Å²) in [7, 11) is 0. The fraction of sp³-hybridized carbons (Fsp3) is 0.0833. The molecule has 3 rings (SSSR count). The number of aliphatic carboxylic acids is 1. The van der Waals surface area contributed by atoms with Crippen LogP contribution >= 0.6 is 0 Å². The number of aromatic nitrogens is 5. The van der Waals surface area contributed by atoms with Gasteiger partial charge in [-0.3, -0.25) is 0 Å². The molecule has 0 aliphatic heterocycles. The van der Waals surface area contributed by atoms with E-state index in [2.05, 4.69) is 15.3 Å². The molecular formula is C12H10N5O2+. The summed E-state index contributed by atoms with van der Waals surface area (Å²) in [5, 5.41) is 20.6. The molecular weight excluding hydrogens is 246 g/mol. The first kappa shape index (κ1) is 11.3. The van der Waals surface area contributed by atoms with Crippen molar-refractivity contribution in [2.24, 2.45) is 0 Å². The van der Waals surface area contributed by atoms with E-state index in [0.29, 0.717) is 5.65 Å². The van der Waals surface area contributed by atoms with Crippen LogP contribution in [0, 0.1) is 0 Å². The van der Waals surface area contributed by atoms with Crippen molar-refractivity contribution in [2.45, 2.75) is 6.54 Å². The van der Waals surface area contributed by atoms with Crippen LogP contribution in [-0.4, -0.2) is 30.9 Å². The van der Waals surface area contributed by atoms with Crippen molar-refractivity contribution < 1.29 is 14.5 Å². The maximum atomic E-state index is 10.6. The highest BCUT2D eigenvalue weighted by Crippen LogP contribution is 2.20. The third kappa shape index (κ3) is 2.13. The van der Waals surface area contributed by atoms with Gasteiger partial charge in [0.15, 0.2) is 18.0 Å². The molecule has 0 saturated carbocycles. The zero-order valence-electron chi connectivity index (χ0n) is 9.84. The first-order valence-corrected chi connectivity index (χ1v) is 5.60. The van der Waals surface area contributed by atoms with Crippen molar-refractivity contribution in [1.82, 2.24) is 19.8 Å². The topological polar surface area (TPSA) is 84.3 Å². The van der Waals surface area contributed by atoms with Crippen molar-refractivity contribution in [3.05, 3.63) is 43.1 Å². The minimum absolute atomic E-state index is 0.0586. The summed E-state index contributed by atoms with van der Waals surface area (Å²) in [5.41, 5.74) is 2.50. The normalized spacial score (nSPS) is 10.7. The van der Waals surface area contributed by atoms with E-state index in [1.807, 2.05) is 18.2 Å². The molecule has 0 fully saturated rings. The van der Waals surface area contributed by atoms with Crippen molar-refractivity contribution in [3.8, 4) is 11.1 Å². The average Bonchev–Trinajstić information content (AvgIpc) is 2.87. The minimum Gasteiger partial charge on any atom is -0.477 e. The summed E-state index contributed by atoms with van der Waals surface area (Å²) in [6.07, 6.45) is 6.64. The minimum atomic E-state index is -0.874. The van der Waals surface area contributed by atoms with Gasteiger partial charge in [0, 0.05) is 23.9 Å². The first-order chi connectivity index (χ1) is 9.24. The Morgan fingerprint density at radius 2 is 2.11 bits per heavy atom. The van der Waals surface area contributed by atoms with E-state index in [-0.39, 0.29) is 6.54 Å². The van der Waals surface area contributed by atoms with Crippen molar-refractivity contribution in [1.29, 1.82) is 0 Å². The van der Waals surface area contributed by atoms with Crippen LogP contribution < -0.4 is 4.57 Å². The molecule has 0 atom stereocenters. The first-order valence-electron chi connectivity index (χ1n) is 5.60. The van der Waals surface area contributed by atoms with Crippen LogP contribution in [0.4, 0.5) is 0 Å². The molecule has 7 nitrogen and oxygen atoms in total. The largest absolute Gasteiger partial charge is 0.477 e. The zero-order valence-corrected chi connectivity index (χ0v) is 9.84. The molecule has 0 aliphatic rings. The van der Waals surface area contributed by atoms with Gasteiger partial charge in [0.25, 0.3) is 0 Å². The number of hydrogen-bond acceptors (Lipinski definition) is 4. The van der Waals surface area contributed by atoms with E-state index in [4.69, 9.17) is 5.11 Å². The van der Waals surface area contributed by atoms with Gasteiger partial charge < -0.3 is 5.11 Å². The fourth-order valence-electron chi connectivity index (χ4n) is 1.87. The number of pyridine rings is 1. The van der Waals surface area contributed by atoms with E-state index in [9.17, 15) is 4.79 Å². The molecule has 0 saturated heterocycles. The lowest BCUT2D eigenvalue weighted by Gasteiger charge is -2.01. The molecule has 3 aromatic rings.